The van der Waals surface area contributed by atoms with Gasteiger partial charge in [-0.2, -0.15) is 4.02 Å². The van der Waals surface area contributed by atoms with Crippen molar-refractivity contribution in [2.45, 2.75) is 78.1 Å². The van der Waals surface area contributed by atoms with Crippen molar-refractivity contribution in [3.8, 4) is 5.75 Å². The molecule has 0 unspecified atom stereocenters. The van der Waals surface area contributed by atoms with Crippen molar-refractivity contribution in [1.29, 1.82) is 0 Å². The minimum Gasteiger partial charge on any atom is -0.507 e. The van der Waals surface area contributed by atoms with E-state index < -0.39 is 0 Å². The molecule has 0 saturated carbocycles. The average molecular weight is 599 g/mol. The average Bonchev–Trinajstić information content (AvgIpc) is 3.18. The molecule has 212 valence electrons. The van der Waals surface area contributed by atoms with Gasteiger partial charge in [0, 0.05) is 48.8 Å². The Morgan fingerprint density at radius 2 is 1.54 bits per heavy atom. The van der Waals surface area contributed by atoms with Gasteiger partial charge in [-0.25, -0.2) is 0 Å². The van der Waals surface area contributed by atoms with Gasteiger partial charge in [-0.15, -0.1) is 0 Å². The third kappa shape index (κ3) is 6.74. The number of phenols is 1. The summed E-state index contributed by atoms with van der Waals surface area (Å²) in [4.78, 5) is 29.8. The number of Topliss-reactive ketones (excluding diaryl/α,β-unsaturated/α-hetero) is 1. The summed E-state index contributed by atoms with van der Waals surface area (Å²) < 4.78 is 4.51. The molecule has 2 aromatic rings. The lowest BCUT2D eigenvalue weighted by Crippen LogP contribution is -2.32. The molecule has 1 N–H and O–H groups in total. The molecule has 0 radical (unpaired) electrons. The zero-order valence-electron chi connectivity index (χ0n) is 24.9. The molecule has 2 aromatic carbocycles. The summed E-state index contributed by atoms with van der Waals surface area (Å²) in [6, 6.07) is 11.5. The number of phenolic OH excluding ortho intramolecular Hbond substituents is 1. The van der Waals surface area contributed by atoms with Gasteiger partial charge in [0.1, 0.15) is 11.6 Å². The largest absolute Gasteiger partial charge is 0.507 e. The van der Waals surface area contributed by atoms with Gasteiger partial charge in [-0.1, -0.05) is 67.0 Å². The molecule has 1 amide bonds. The summed E-state index contributed by atoms with van der Waals surface area (Å²) >= 11 is 3.36. The summed E-state index contributed by atoms with van der Waals surface area (Å²) in [6.07, 6.45) is 2.03. The lowest BCUT2D eigenvalue weighted by atomic mass is 9.78. The number of halogens is 1. The fraction of sp³-hybridized carbons (Fsp3) is 0.531. The van der Waals surface area contributed by atoms with Crippen molar-refractivity contribution in [2.24, 2.45) is 9.94 Å². The molecule has 6 nitrogen and oxygen atoms in total. The maximum atomic E-state index is 13.8. The van der Waals surface area contributed by atoms with Gasteiger partial charge in [0.05, 0.1) is 22.7 Å². The number of nitrogens with zero attached hydrogens (tertiary/aromatic N) is 3. The van der Waals surface area contributed by atoms with E-state index in [9.17, 15) is 14.7 Å². The van der Waals surface area contributed by atoms with Crippen LogP contribution >= 0.6 is 16.1 Å². The monoisotopic (exact) mass is 597 g/mol. The Balaban J connectivity index is 1.96. The predicted molar refractivity (Wildman–Crippen MR) is 163 cm³/mol. The molecule has 1 aliphatic heterocycles. The number of amidine groups is 1. The molecule has 0 aromatic heterocycles. The van der Waals surface area contributed by atoms with Gasteiger partial charge < -0.3 is 14.9 Å². The lowest BCUT2D eigenvalue weighted by molar-refractivity contribution is 0.0827. The van der Waals surface area contributed by atoms with Crippen molar-refractivity contribution in [3.05, 3.63) is 64.2 Å². The van der Waals surface area contributed by atoms with E-state index in [2.05, 4.69) is 73.5 Å². The van der Waals surface area contributed by atoms with Crippen molar-refractivity contribution in [2.75, 3.05) is 27.2 Å². The van der Waals surface area contributed by atoms with E-state index in [0.717, 1.165) is 41.9 Å². The molecule has 7 heteroatoms. The Bertz CT molecular complexity index is 1200. The number of carbonyl (C=O) groups excluding carboxylic acids is 2. The Labute approximate surface area is 242 Å². The Morgan fingerprint density at radius 3 is 1.97 bits per heavy atom. The van der Waals surface area contributed by atoms with Crippen molar-refractivity contribution in [3.63, 3.8) is 0 Å². The van der Waals surface area contributed by atoms with Gasteiger partial charge in [-0.05, 0) is 53.0 Å². The second-order valence-corrected chi connectivity index (χ2v) is 13.4. The first-order chi connectivity index (χ1) is 18.1. The number of amides is 1. The molecule has 39 heavy (non-hydrogen) atoms. The van der Waals surface area contributed by atoms with Crippen LogP contribution in [0.5, 0.6) is 5.75 Å². The first-order valence-corrected chi connectivity index (χ1v) is 14.5. The van der Waals surface area contributed by atoms with Crippen LogP contribution in [0, 0.1) is 5.92 Å². The van der Waals surface area contributed by atoms with Crippen LogP contribution in [0.1, 0.15) is 105 Å². The van der Waals surface area contributed by atoms with E-state index >= 15 is 0 Å². The number of likely N-dealkylation sites (tertiary alicyclic amines) is 1. The standard InChI is InChI=1S/C32H44BrN3O3/c1-10-11-22-18-36(29(34-33)27(22)20-12-14-21(15-13-20)30(39)35(8)9)19-26(37)23-16-24(31(2,3)4)28(38)25(17-23)32(5,6)7/h12-17,22,27,38H,10-11,18-19H2,1-9H3/t22-,27+/m0/s1. The highest BCUT2D eigenvalue weighted by Crippen LogP contribution is 2.41. The molecule has 2 atom stereocenters. The minimum atomic E-state index is -0.312. The predicted octanol–water partition coefficient (Wildman–Crippen LogP) is 7.10. The Hall–Kier alpha value is -2.67. The van der Waals surface area contributed by atoms with Crippen LogP contribution in [0.3, 0.4) is 0 Å². The first kappa shape index (κ1) is 30.9. The molecule has 1 fully saturated rings. The molecule has 1 heterocycles. The normalized spacial score (nSPS) is 19.0. The lowest BCUT2D eigenvalue weighted by Gasteiger charge is -2.28. The highest BCUT2D eigenvalue weighted by atomic mass is 79.9. The number of carbonyl (C=O) groups is 2. The molecular weight excluding hydrogens is 554 g/mol. The van der Waals surface area contributed by atoms with Crippen molar-refractivity contribution >= 4 is 33.7 Å². The van der Waals surface area contributed by atoms with E-state index in [-0.39, 0.29) is 40.7 Å². The van der Waals surface area contributed by atoms with Crippen LogP contribution in [-0.2, 0) is 10.8 Å². The summed E-state index contributed by atoms with van der Waals surface area (Å²) in [7, 11) is 3.50. The van der Waals surface area contributed by atoms with E-state index in [0.29, 0.717) is 17.0 Å². The number of hydrogen-bond donors (Lipinski definition) is 1. The number of hydrogen-bond acceptors (Lipinski definition) is 4. The second kappa shape index (κ2) is 11.8. The highest BCUT2D eigenvalue weighted by molar-refractivity contribution is 9.08. The molecule has 0 aliphatic carbocycles. The van der Waals surface area contributed by atoms with Gasteiger partial charge >= 0.3 is 0 Å². The summed E-state index contributed by atoms with van der Waals surface area (Å²) in [5, 5.41) is 11.1. The van der Waals surface area contributed by atoms with E-state index in [4.69, 9.17) is 0 Å². The van der Waals surface area contributed by atoms with Gasteiger partial charge in [0.15, 0.2) is 5.78 Å². The maximum Gasteiger partial charge on any atom is 0.253 e. The fourth-order valence-electron chi connectivity index (χ4n) is 5.49. The zero-order chi connectivity index (χ0) is 29.3. The molecule has 1 saturated heterocycles. The SMILES string of the molecule is CCC[C@H]1CN(CC(=O)c2cc(C(C)(C)C)c(O)c(C(C)(C)C)c2)C(=NBr)[C@@H]1c1ccc(C(=O)N(C)C)cc1. The van der Waals surface area contributed by atoms with Gasteiger partial charge in [-0.3, -0.25) is 9.59 Å². The van der Waals surface area contributed by atoms with Crippen LogP contribution in [0.15, 0.2) is 40.4 Å². The summed E-state index contributed by atoms with van der Waals surface area (Å²) in [5.41, 5.74) is 3.29. The van der Waals surface area contributed by atoms with E-state index in [1.54, 1.807) is 19.0 Å². The third-order valence-corrected chi connectivity index (χ3v) is 7.94. The van der Waals surface area contributed by atoms with E-state index in [1.807, 2.05) is 36.4 Å². The van der Waals surface area contributed by atoms with Crippen LogP contribution in [0.25, 0.3) is 0 Å². The molecular formula is C32H44BrN3O3. The second-order valence-electron chi connectivity index (χ2n) is 13.0. The smallest absolute Gasteiger partial charge is 0.253 e. The van der Waals surface area contributed by atoms with Gasteiger partial charge in [0.2, 0.25) is 0 Å². The molecule has 0 spiro atoms. The first-order valence-electron chi connectivity index (χ1n) is 13.8. The molecule has 0 bridgehead atoms. The summed E-state index contributed by atoms with van der Waals surface area (Å²) in [5.74, 6) is 1.40. The maximum absolute atomic E-state index is 13.8. The molecule has 3 rings (SSSR count). The van der Waals surface area contributed by atoms with Crippen LogP contribution in [0.2, 0.25) is 0 Å². The number of rotatable bonds is 7. The Kier molecular flexibility index (Phi) is 9.36. The van der Waals surface area contributed by atoms with Crippen molar-refractivity contribution in [1.82, 2.24) is 9.80 Å². The van der Waals surface area contributed by atoms with Crippen LogP contribution < -0.4 is 0 Å². The van der Waals surface area contributed by atoms with Crippen molar-refractivity contribution < 1.29 is 14.7 Å². The van der Waals surface area contributed by atoms with Crippen LogP contribution in [0.4, 0.5) is 0 Å². The minimum absolute atomic E-state index is 0.00229. The third-order valence-electron chi connectivity index (χ3n) is 7.58. The molecule has 1 aliphatic rings. The van der Waals surface area contributed by atoms with Gasteiger partial charge in [0.25, 0.3) is 5.91 Å². The van der Waals surface area contributed by atoms with Crippen LogP contribution in [-0.4, -0.2) is 59.6 Å². The quantitative estimate of drug-likeness (QED) is 0.345. The number of aromatic hydroxyl groups is 1. The number of ketones is 1. The highest BCUT2D eigenvalue weighted by Gasteiger charge is 2.40. The number of benzene rings is 2. The Morgan fingerprint density at radius 1 is 1.00 bits per heavy atom. The zero-order valence-corrected chi connectivity index (χ0v) is 26.5. The van der Waals surface area contributed by atoms with E-state index in [1.165, 1.54) is 0 Å². The summed E-state index contributed by atoms with van der Waals surface area (Å²) in [6.45, 7) is 15.4. The topological polar surface area (TPSA) is 73.2 Å². The fourth-order valence-corrected chi connectivity index (χ4v) is 5.93.